The lowest BCUT2D eigenvalue weighted by Gasteiger charge is -2.37. The van der Waals surface area contributed by atoms with Crippen LogP contribution in [0.4, 0.5) is 10.5 Å². The average Bonchev–Trinajstić information content (AvgIpc) is 2.67. The van der Waals surface area contributed by atoms with Gasteiger partial charge in [0.05, 0.1) is 0 Å². The number of rotatable bonds is 4. The molecule has 0 saturated carbocycles. The predicted octanol–water partition coefficient (Wildman–Crippen LogP) is 2.98. The van der Waals surface area contributed by atoms with Gasteiger partial charge in [0.2, 0.25) is 0 Å². The van der Waals surface area contributed by atoms with Crippen LogP contribution in [0.25, 0.3) is 0 Å². The molecule has 1 fully saturated rings. The van der Waals surface area contributed by atoms with Crippen molar-refractivity contribution in [2.45, 2.75) is 26.8 Å². The summed E-state index contributed by atoms with van der Waals surface area (Å²) in [6, 6.07) is 10.3. The molecule has 1 aliphatic heterocycles. The number of piperazine rings is 1. The Morgan fingerprint density at radius 3 is 2.52 bits per heavy atom. The first-order valence-corrected chi connectivity index (χ1v) is 8.94. The van der Waals surface area contributed by atoms with Crippen LogP contribution in [-0.2, 0) is 13.0 Å². The molecule has 0 spiro atoms. The van der Waals surface area contributed by atoms with Gasteiger partial charge >= 0.3 is 6.03 Å². The number of benzene rings is 1. The van der Waals surface area contributed by atoms with Gasteiger partial charge in [-0.1, -0.05) is 25.1 Å². The minimum absolute atomic E-state index is 0.0111. The van der Waals surface area contributed by atoms with E-state index in [0.717, 1.165) is 38.2 Å². The number of aryl methyl sites for hydroxylation is 2. The SMILES string of the molecule is CCc1cccc(C)c1N1CCN(C(=O)NCc2ccncc2)CC1. The largest absolute Gasteiger partial charge is 0.368 e. The van der Waals surface area contributed by atoms with E-state index in [0.29, 0.717) is 6.54 Å². The van der Waals surface area contributed by atoms with Crippen LogP contribution in [-0.4, -0.2) is 42.1 Å². The Kier molecular flexibility index (Phi) is 5.53. The molecule has 0 radical (unpaired) electrons. The van der Waals surface area contributed by atoms with E-state index in [-0.39, 0.29) is 6.03 Å². The molecule has 1 saturated heterocycles. The molecule has 25 heavy (non-hydrogen) atoms. The molecule has 1 aliphatic rings. The van der Waals surface area contributed by atoms with Crippen LogP contribution in [0.5, 0.6) is 0 Å². The summed E-state index contributed by atoms with van der Waals surface area (Å²) in [5, 5.41) is 3.00. The van der Waals surface area contributed by atoms with Crippen LogP contribution >= 0.6 is 0 Å². The zero-order valence-corrected chi connectivity index (χ0v) is 15.0. The van der Waals surface area contributed by atoms with Crippen molar-refractivity contribution in [1.82, 2.24) is 15.2 Å². The number of nitrogens with zero attached hydrogens (tertiary/aromatic N) is 3. The summed E-state index contributed by atoms with van der Waals surface area (Å²) in [5.74, 6) is 0. The van der Waals surface area contributed by atoms with Crippen LogP contribution in [0.3, 0.4) is 0 Å². The smallest absolute Gasteiger partial charge is 0.317 e. The lowest BCUT2D eigenvalue weighted by Crippen LogP contribution is -2.52. The van der Waals surface area contributed by atoms with E-state index in [1.165, 1.54) is 16.8 Å². The van der Waals surface area contributed by atoms with Gasteiger partial charge in [-0.25, -0.2) is 4.79 Å². The van der Waals surface area contributed by atoms with E-state index in [1.807, 2.05) is 17.0 Å². The van der Waals surface area contributed by atoms with E-state index in [1.54, 1.807) is 12.4 Å². The number of hydrogen-bond acceptors (Lipinski definition) is 3. The normalized spacial score (nSPS) is 14.5. The summed E-state index contributed by atoms with van der Waals surface area (Å²) in [4.78, 5) is 20.7. The number of amides is 2. The van der Waals surface area contributed by atoms with Gasteiger partial charge in [-0.3, -0.25) is 4.98 Å². The van der Waals surface area contributed by atoms with E-state index in [4.69, 9.17) is 0 Å². The molecular formula is C20H26N4O. The fourth-order valence-electron chi connectivity index (χ4n) is 3.38. The second kappa shape index (κ2) is 8.01. The Morgan fingerprint density at radius 1 is 1.12 bits per heavy atom. The lowest BCUT2D eigenvalue weighted by atomic mass is 10.0. The molecule has 0 bridgehead atoms. The Morgan fingerprint density at radius 2 is 1.84 bits per heavy atom. The second-order valence-corrected chi connectivity index (χ2v) is 6.42. The van der Waals surface area contributed by atoms with Crippen LogP contribution in [0, 0.1) is 6.92 Å². The minimum Gasteiger partial charge on any atom is -0.368 e. The molecule has 2 amide bonds. The van der Waals surface area contributed by atoms with Gasteiger partial charge in [-0.2, -0.15) is 0 Å². The summed E-state index contributed by atoms with van der Waals surface area (Å²) in [5.41, 5.74) is 5.11. The van der Waals surface area contributed by atoms with Gasteiger partial charge < -0.3 is 15.1 Å². The number of carbonyl (C=O) groups is 1. The first kappa shape index (κ1) is 17.3. The minimum atomic E-state index is 0.0111. The van der Waals surface area contributed by atoms with Gasteiger partial charge in [-0.15, -0.1) is 0 Å². The number of aromatic nitrogens is 1. The Bertz CT molecular complexity index is 709. The summed E-state index contributed by atoms with van der Waals surface area (Å²) in [7, 11) is 0. The first-order chi connectivity index (χ1) is 12.2. The van der Waals surface area contributed by atoms with E-state index >= 15 is 0 Å². The summed E-state index contributed by atoms with van der Waals surface area (Å²) in [6.07, 6.45) is 4.52. The predicted molar refractivity (Wildman–Crippen MR) is 101 cm³/mol. The molecule has 2 heterocycles. The average molecular weight is 338 g/mol. The maximum Gasteiger partial charge on any atom is 0.317 e. The van der Waals surface area contributed by atoms with Crippen molar-refractivity contribution < 1.29 is 4.79 Å². The highest BCUT2D eigenvalue weighted by molar-refractivity contribution is 5.74. The Labute approximate surface area is 149 Å². The molecule has 1 N–H and O–H groups in total. The highest BCUT2D eigenvalue weighted by Gasteiger charge is 2.23. The molecule has 3 rings (SSSR count). The monoisotopic (exact) mass is 338 g/mol. The molecule has 1 aromatic heterocycles. The quantitative estimate of drug-likeness (QED) is 0.932. The van der Waals surface area contributed by atoms with Crippen molar-refractivity contribution in [2.24, 2.45) is 0 Å². The first-order valence-electron chi connectivity index (χ1n) is 8.94. The molecule has 1 aromatic carbocycles. The number of pyridine rings is 1. The van der Waals surface area contributed by atoms with E-state index in [2.05, 4.69) is 47.2 Å². The molecule has 132 valence electrons. The summed E-state index contributed by atoms with van der Waals surface area (Å²) >= 11 is 0. The van der Waals surface area contributed by atoms with Gasteiger partial charge in [-0.05, 0) is 42.2 Å². The Hall–Kier alpha value is -2.56. The third-order valence-corrected chi connectivity index (χ3v) is 4.78. The van der Waals surface area contributed by atoms with Crippen molar-refractivity contribution in [3.8, 4) is 0 Å². The standard InChI is InChI=1S/C20H26N4O/c1-3-18-6-4-5-16(2)19(18)23-11-13-24(14-12-23)20(25)22-15-17-7-9-21-10-8-17/h4-10H,3,11-15H2,1-2H3,(H,22,25). The third kappa shape index (κ3) is 4.10. The number of anilines is 1. The number of urea groups is 1. The van der Waals surface area contributed by atoms with Gasteiger partial charge in [0.1, 0.15) is 0 Å². The molecule has 2 aromatic rings. The van der Waals surface area contributed by atoms with Crippen molar-refractivity contribution >= 4 is 11.7 Å². The van der Waals surface area contributed by atoms with Crippen LogP contribution in [0.2, 0.25) is 0 Å². The third-order valence-electron chi connectivity index (χ3n) is 4.78. The Balaban J connectivity index is 1.56. The van der Waals surface area contributed by atoms with Crippen LogP contribution < -0.4 is 10.2 Å². The second-order valence-electron chi connectivity index (χ2n) is 6.42. The summed E-state index contributed by atoms with van der Waals surface area (Å²) in [6.45, 7) is 8.16. The van der Waals surface area contributed by atoms with Crippen LogP contribution in [0.15, 0.2) is 42.7 Å². The number of nitrogens with one attached hydrogen (secondary N) is 1. The maximum atomic E-state index is 12.4. The fraction of sp³-hybridized carbons (Fsp3) is 0.400. The van der Waals surface area contributed by atoms with Gasteiger partial charge in [0.15, 0.2) is 0 Å². The topological polar surface area (TPSA) is 48.5 Å². The number of hydrogen-bond donors (Lipinski definition) is 1. The molecule has 0 unspecified atom stereocenters. The van der Waals surface area contributed by atoms with Crippen molar-refractivity contribution in [1.29, 1.82) is 0 Å². The fourth-order valence-corrected chi connectivity index (χ4v) is 3.38. The molecule has 0 atom stereocenters. The number of para-hydroxylation sites is 1. The van der Waals surface area contributed by atoms with E-state index in [9.17, 15) is 4.79 Å². The van der Waals surface area contributed by atoms with Crippen molar-refractivity contribution in [3.05, 3.63) is 59.4 Å². The zero-order valence-electron chi connectivity index (χ0n) is 15.0. The van der Waals surface area contributed by atoms with Crippen molar-refractivity contribution in [3.63, 3.8) is 0 Å². The van der Waals surface area contributed by atoms with Gasteiger partial charge in [0.25, 0.3) is 0 Å². The lowest BCUT2D eigenvalue weighted by molar-refractivity contribution is 0.194. The molecular weight excluding hydrogens is 312 g/mol. The molecule has 0 aliphatic carbocycles. The highest BCUT2D eigenvalue weighted by Crippen LogP contribution is 2.26. The van der Waals surface area contributed by atoms with Gasteiger partial charge in [0, 0.05) is 50.8 Å². The maximum absolute atomic E-state index is 12.4. The van der Waals surface area contributed by atoms with Crippen molar-refractivity contribution in [2.75, 3.05) is 31.1 Å². The van der Waals surface area contributed by atoms with Crippen LogP contribution in [0.1, 0.15) is 23.6 Å². The summed E-state index contributed by atoms with van der Waals surface area (Å²) < 4.78 is 0. The number of carbonyl (C=O) groups excluding carboxylic acids is 1. The molecule has 5 nitrogen and oxygen atoms in total. The highest BCUT2D eigenvalue weighted by atomic mass is 16.2. The van der Waals surface area contributed by atoms with E-state index < -0.39 is 0 Å². The zero-order chi connectivity index (χ0) is 17.6. The molecule has 5 heteroatoms.